The molecule has 1 unspecified atom stereocenters. The van der Waals surface area contributed by atoms with Gasteiger partial charge in [-0.05, 0) is 99.4 Å². The van der Waals surface area contributed by atoms with Gasteiger partial charge in [0.25, 0.3) is 0 Å². The average Bonchev–Trinajstić information content (AvgIpc) is 3.84. The Bertz CT molecular complexity index is 1210. The SMILES string of the molecule is CCOC(=O)CC(c1ccnc(OCC2CCN(c3cc(OC)ncc3C3CCN(CC(F)(F)F)CC3)CC2)c1)C1CC1. The lowest BCUT2D eigenvalue weighted by atomic mass is 9.88. The quantitative estimate of drug-likeness (QED) is 0.275. The van der Waals surface area contributed by atoms with Crippen LogP contribution in [0, 0.1) is 11.8 Å². The lowest BCUT2D eigenvalue weighted by Crippen LogP contribution is -2.40. The van der Waals surface area contributed by atoms with Gasteiger partial charge in [0.05, 0.1) is 33.3 Å². The van der Waals surface area contributed by atoms with Gasteiger partial charge in [0.2, 0.25) is 11.8 Å². The molecule has 1 aliphatic carbocycles. The van der Waals surface area contributed by atoms with Gasteiger partial charge in [0.15, 0.2) is 0 Å². The van der Waals surface area contributed by atoms with Gasteiger partial charge in [0.1, 0.15) is 0 Å². The van der Waals surface area contributed by atoms with Crippen molar-refractivity contribution in [2.24, 2.45) is 11.8 Å². The Labute approximate surface area is 251 Å². The van der Waals surface area contributed by atoms with Gasteiger partial charge in [-0.1, -0.05) is 0 Å². The van der Waals surface area contributed by atoms with E-state index in [4.69, 9.17) is 14.2 Å². The summed E-state index contributed by atoms with van der Waals surface area (Å²) in [6.45, 7) is 4.48. The smallest absolute Gasteiger partial charge is 0.401 e. The highest BCUT2D eigenvalue weighted by molar-refractivity contribution is 5.70. The predicted octanol–water partition coefficient (Wildman–Crippen LogP) is 5.97. The Kier molecular flexibility index (Phi) is 10.3. The van der Waals surface area contributed by atoms with Crippen LogP contribution < -0.4 is 14.4 Å². The van der Waals surface area contributed by atoms with Crippen molar-refractivity contribution in [1.29, 1.82) is 0 Å². The summed E-state index contributed by atoms with van der Waals surface area (Å²) >= 11 is 0. The standard InChI is InChI=1S/C32H43F3N4O4/c1-3-42-31(40)17-26(23-4-5-23)25-6-11-36-30(16-25)43-20-22-7-14-39(15-8-22)28-18-29(41-2)37-19-27(28)24-9-12-38(13-10-24)21-32(33,34)35/h6,11,16,18-19,22-24,26H,3-5,7-10,12-15,17,20-21H2,1-2H3. The van der Waals surface area contributed by atoms with Gasteiger partial charge < -0.3 is 19.1 Å². The van der Waals surface area contributed by atoms with E-state index in [1.807, 2.05) is 31.3 Å². The number of hydrogen-bond donors (Lipinski definition) is 0. The van der Waals surface area contributed by atoms with Crippen molar-refractivity contribution in [2.45, 2.75) is 69.9 Å². The van der Waals surface area contributed by atoms with E-state index in [0.29, 0.717) is 69.2 Å². The molecule has 3 fully saturated rings. The molecule has 43 heavy (non-hydrogen) atoms. The van der Waals surface area contributed by atoms with Crippen LogP contribution in [-0.2, 0) is 9.53 Å². The summed E-state index contributed by atoms with van der Waals surface area (Å²) in [6.07, 6.45) is 5.33. The Morgan fingerprint density at radius 1 is 1.02 bits per heavy atom. The molecule has 2 saturated heterocycles. The van der Waals surface area contributed by atoms with Gasteiger partial charge in [-0.15, -0.1) is 0 Å². The third-order valence-electron chi connectivity index (χ3n) is 9.02. The molecule has 0 radical (unpaired) electrons. The maximum Gasteiger partial charge on any atom is 0.401 e. The molecule has 0 N–H and O–H groups in total. The molecule has 1 saturated carbocycles. The number of rotatable bonds is 12. The summed E-state index contributed by atoms with van der Waals surface area (Å²) in [5.41, 5.74) is 3.25. The molecule has 3 aliphatic rings. The number of nitrogens with zero attached hydrogens (tertiary/aromatic N) is 4. The van der Waals surface area contributed by atoms with Crippen molar-refractivity contribution in [3.63, 3.8) is 0 Å². The minimum absolute atomic E-state index is 0.135. The zero-order chi connectivity index (χ0) is 30.4. The number of likely N-dealkylation sites (tertiary alicyclic amines) is 1. The molecular formula is C32H43F3N4O4. The van der Waals surface area contributed by atoms with Crippen molar-refractivity contribution < 1.29 is 32.2 Å². The molecule has 236 valence electrons. The fourth-order valence-electron chi connectivity index (χ4n) is 6.53. The number of halogens is 3. The summed E-state index contributed by atoms with van der Waals surface area (Å²) in [7, 11) is 1.59. The van der Waals surface area contributed by atoms with Crippen LogP contribution in [0.4, 0.5) is 18.9 Å². The predicted molar refractivity (Wildman–Crippen MR) is 157 cm³/mol. The van der Waals surface area contributed by atoms with Crippen molar-refractivity contribution >= 4 is 11.7 Å². The molecule has 2 aromatic rings. The molecule has 2 aliphatic heterocycles. The van der Waals surface area contributed by atoms with Crippen LogP contribution in [0.1, 0.15) is 74.8 Å². The second kappa shape index (κ2) is 14.1. The minimum Gasteiger partial charge on any atom is -0.481 e. The Morgan fingerprint density at radius 3 is 2.42 bits per heavy atom. The fraction of sp³-hybridized carbons (Fsp3) is 0.656. The number of ether oxygens (including phenoxy) is 3. The molecule has 1 atom stereocenters. The van der Waals surface area contributed by atoms with Crippen LogP contribution in [-0.4, -0.2) is 80.1 Å². The number of piperidine rings is 2. The lowest BCUT2D eigenvalue weighted by Gasteiger charge is -2.37. The van der Waals surface area contributed by atoms with Gasteiger partial charge in [-0.25, -0.2) is 9.97 Å². The molecule has 4 heterocycles. The van der Waals surface area contributed by atoms with Crippen LogP contribution in [0.5, 0.6) is 11.8 Å². The van der Waals surface area contributed by atoms with Crippen molar-refractivity contribution in [1.82, 2.24) is 14.9 Å². The van der Waals surface area contributed by atoms with Crippen molar-refractivity contribution in [3.8, 4) is 11.8 Å². The molecular weight excluding hydrogens is 561 g/mol. The van der Waals surface area contributed by atoms with Gasteiger partial charge in [-0.2, -0.15) is 13.2 Å². The Hall–Kier alpha value is -3.08. The number of carbonyl (C=O) groups excluding carboxylic acids is 1. The number of anilines is 1. The molecule has 2 aromatic heterocycles. The van der Waals surface area contributed by atoms with E-state index < -0.39 is 12.7 Å². The highest BCUT2D eigenvalue weighted by Crippen LogP contribution is 2.45. The molecule has 5 rings (SSSR count). The number of aromatic nitrogens is 2. The van der Waals surface area contributed by atoms with E-state index in [1.54, 1.807) is 13.3 Å². The first-order valence-corrected chi connectivity index (χ1v) is 15.5. The first-order chi connectivity index (χ1) is 20.7. The summed E-state index contributed by atoms with van der Waals surface area (Å²) < 4.78 is 55.4. The van der Waals surface area contributed by atoms with Crippen LogP contribution in [0.25, 0.3) is 0 Å². The zero-order valence-electron chi connectivity index (χ0n) is 25.2. The maximum absolute atomic E-state index is 12.9. The number of esters is 1. The second-order valence-corrected chi connectivity index (χ2v) is 12.1. The van der Waals surface area contributed by atoms with Gasteiger partial charge in [-0.3, -0.25) is 9.69 Å². The monoisotopic (exact) mass is 604 g/mol. The van der Waals surface area contributed by atoms with E-state index in [0.717, 1.165) is 55.6 Å². The first kappa shape index (κ1) is 31.3. The summed E-state index contributed by atoms with van der Waals surface area (Å²) in [5.74, 6) is 2.15. The molecule has 0 bridgehead atoms. The molecule has 0 spiro atoms. The highest BCUT2D eigenvalue weighted by atomic mass is 19.4. The van der Waals surface area contributed by atoms with E-state index in [2.05, 4.69) is 14.9 Å². The van der Waals surface area contributed by atoms with E-state index in [9.17, 15) is 18.0 Å². The molecule has 0 amide bonds. The second-order valence-electron chi connectivity index (χ2n) is 12.1. The average molecular weight is 605 g/mol. The lowest BCUT2D eigenvalue weighted by molar-refractivity contribution is -0.148. The number of carbonyl (C=O) groups is 1. The largest absolute Gasteiger partial charge is 0.481 e. The maximum atomic E-state index is 12.9. The number of hydrogen-bond acceptors (Lipinski definition) is 8. The summed E-state index contributed by atoms with van der Waals surface area (Å²) in [5, 5.41) is 0. The van der Waals surface area contributed by atoms with Crippen LogP contribution in [0.15, 0.2) is 30.6 Å². The van der Waals surface area contributed by atoms with Crippen LogP contribution >= 0.6 is 0 Å². The topological polar surface area (TPSA) is 77.0 Å². The zero-order valence-corrected chi connectivity index (χ0v) is 25.2. The normalized spacial score (nSPS) is 19.7. The third-order valence-corrected chi connectivity index (χ3v) is 9.02. The first-order valence-electron chi connectivity index (χ1n) is 15.5. The Balaban J connectivity index is 1.16. The minimum atomic E-state index is -4.17. The fourth-order valence-corrected chi connectivity index (χ4v) is 6.53. The van der Waals surface area contributed by atoms with Crippen molar-refractivity contribution in [2.75, 3.05) is 57.9 Å². The van der Waals surface area contributed by atoms with Crippen LogP contribution in [0.2, 0.25) is 0 Å². The summed E-state index contributed by atoms with van der Waals surface area (Å²) in [6, 6.07) is 5.93. The number of alkyl halides is 3. The van der Waals surface area contributed by atoms with Gasteiger partial charge >= 0.3 is 12.1 Å². The van der Waals surface area contributed by atoms with E-state index in [-0.39, 0.29) is 17.8 Å². The molecule has 0 aromatic carbocycles. The van der Waals surface area contributed by atoms with Crippen LogP contribution in [0.3, 0.4) is 0 Å². The third kappa shape index (κ3) is 8.74. The van der Waals surface area contributed by atoms with Gasteiger partial charge in [0, 0.05) is 43.3 Å². The number of pyridine rings is 2. The van der Waals surface area contributed by atoms with E-state index >= 15 is 0 Å². The van der Waals surface area contributed by atoms with E-state index in [1.165, 1.54) is 4.90 Å². The Morgan fingerprint density at radius 2 is 1.77 bits per heavy atom. The molecule has 11 heteroatoms. The highest BCUT2D eigenvalue weighted by Gasteiger charge is 2.35. The van der Waals surface area contributed by atoms with Crippen molar-refractivity contribution in [3.05, 3.63) is 41.7 Å². The molecule has 8 nitrogen and oxygen atoms in total. The number of methoxy groups -OCH3 is 1. The summed E-state index contributed by atoms with van der Waals surface area (Å²) in [4.78, 5) is 24.9.